The van der Waals surface area contributed by atoms with E-state index in [9.17, 15) is 14.9 Å². The van der Waals surface area contributed by atoms with E-state index in [1.54, 1.807) is 49.4 Å². The van der Waals surface area contributed by atoms with Crippen LogP contribution in [-0.2, 0) is 0 Å². The molecule has 0 aliphatic heterocycles. The zero-order chi connectivity index (χ0) is 14.5. The van der Waals surface area contributed by atoms with Gasteiger partial charge in [-0.25, -0.2) is 0 Å². The molecule has 0 N–H and O–H groups in total. The molecular formula is C16H13NO3. The molecule has 0 aliphatic rings. The van der Waals surface area contributed by atoms with Crippen molar-refractivity contribution >= 4 is 17.5 Å². The summed E-state index contributed by atoms with van der Waals surface area (Å²) in [4.78, 5) is 22.3. The summed E-state index contributed by atoms with van der Waals surface area (Å²) < 4.78 is 0. The van der Waals surface area contributed by atoms with E-state index >= 15 is 0 Å². The van der Waals surface area contributed by atoms with Crippen molar-refractivity contribution in [3.8, 4) is 0 Å². The number of aryl methyl sites for hydroxylation is 1. The summed E-state index contributed by atoms with van der Waals surface area (Å²) in [5, 5.41) is 10.8. The maximum absolute atomic E-state index is 11.9. The van der Waals surface area contributed by atoms with Gasteiger partial charge in [-0.1, -0.05) is 48.5 Å². The smallest absolute Gasteiger partial charge is 0.272 e. The first-order valence-corrected chi connectivity index (χ1v) is 6.10. The third kappa shape index (κ3) is 3.17. The highest BCUT2D eigenvalue weighted by molar-refractivity contribution is 6.06. The van der Waals surface area contributed by atoms with E-state index in [0.717, 1.165) is 0 Å². The number of carbonyl (C=O) groups excluding carboxylic acids is 1. The molecule has 2 rings (SSSR count). The lowest BCUT2D eigenvalue weighted by atomic mass is 10.1. The topological polar surface area (TPSA) is 60.2 Å². The minimum atomic E-state index is -0.425. The van der Waals surface area contributed by atoms with Crippen LogP contribution in [0.25, 0.3) is 6.08 Å². The van der Waals surface area contributed by atoms with Gasteiger partial charge in [0.05, 0.1) is 4.92 Å². The number of ketones is 1. The van der Waals surface area contributed by atoms with E-state index in [4.69, 9.17) is 0 Å². The molecule has 0 amide bonds. The fourth-order valence-corrected chi connectivity index (χ4v) is 1.80. The molecule has 0 bridgehead atoms. The second-order valence-electron chi connectivity index (χ2n) is 4.37. The Morgan fingerprint density at radius 3 is 2.50 bits per heavy atom. The zero-order valence-corrected chi connectivity index (χ0v) is 10.9. The number of nitro benzene ring substituents is 1. The van der Waals surface area contributed by atoms with Crippen molar-refractivity contribution in [1.29, 1.82) is 0 Å². The standard InChI is InChI=1S/C16H13NO3/c1-12-7-8-13(11-15(12)17(19)20)9-10-16(18)14-5-3-2-4-6-14/h2-11H,1H3. The molecule has 0 heterocycles. The summed E-state index contributed by atoms with van der Waals surface area (Å²) in [6.45, 7) is 1.68. The van der Waals surface area contributed by atoms with Crippen LogP contribution in [0.15, 0.2) is 54.6 Å². The normalized spacial score (nSPS) is 10.7. The highest BCUT2D eigenvalue weighted by Crippen LogP contribution is 2.20. The average Bonchev–Trinajstić information content (AvgIpc) is 2.46. The summed E-state index contributed by atoms with van der Waals surface area (Å²) in [6, 6.07) is 13.7. The molecular weight excluding hydrogens is 254 g/mol. The molecule has 0 radical (unpaired) electrons. The predicted molar refractivity (Wildman–Crippen MR) is 77.6 cm³/mol. The van der Waals surface area contributed by atoms with Crippen LogP contribution < -0.4 is 0 Å². The number of hydrogen-bond donors (Lipinski definition) is 0. The van der Waals surface area contributed by atoms with Crippen molar-refractivity contribution in [2.75, 3.05) is 0 Å². The van der Waals surface area contributed by atoms with Gasteiger partial charge in [-0.15, -0.1) is 0 Å². The lowest BCUT2D eigenvalue weighted by molar-refractivity contribution is -0.385. The van der Waals surface area contributed by atoms with Crippen LogP contribution in [0.4, 0.5) is 5.69 Å². The molecule has 0 atom stereocenters. The van der Waals surface area contributed by atoms with Gasteiger partial charge in [0.1, 0.15) is 0 Å². The van der Waals surface area contributed by atoms with Crippen LogP contribution in [0, 0.1) is 17.0 Å². The molecule has 2 aromatic rings. The van der Waals surface area contributed by atoms with Crippen LogP contribution in [-0.4, -0.2) is 10.7 Å². The lowest BCUT2D eigenvalue weighted by Gasteiger charge is -1.99. The van der Waals surface area contributed by atoms with E-state index in [0.29, 0.717) is 16.7 Å². The van der Waals surface area contributed by atoms with Crippen LogP contribution >= 0.6 is 0 Å². The first kappa shape index (κ1) is 13.7. The van der Waals surface area contributed by atoms with Gasteiger partial charge < -0.3 is 0 Å². The van der Waals surface area contributed by atoms with Gasteiger partial charge in [-0.05, 0) is 18.6 Å². The third-order valence-corrected chi connectivity index (χ3v) is 2.92. The van der Waals surface area contributed by atoms with Crippen molar-refractivity contribution in [2.24, 2.45) is 0 Å². The summed E-state index contributed by atoms with van der Waals surface area (Å²) in [7, 11) is 0. The summed E-state index contributed by atoms with van der Waals surface area (Å²) >= 11 is 0. The van der Waals surface area contributed by atoms with E-state index in [2.05, 4.69) is 0 Å². The maximum atomic E-state index is 11.9. The van der Waals surface area contributed by atoms with Crippen LogP contribution in [0.5, 0.6) is 0 Å². The minimum absolute atomic E-state index is 0.0549. The largest absolute Gasteiger partial charge is 0.289 e. The fourth-order valence-electron chi connectivity index (χ4n) is 1.80. The Bertz CT molecular complexity index is 675. The van der Waals surface area contributed by atoms with Crippen LogP contribution in [0.2, 0.25) is 0 Å². The fraction of sp³-hybridized carbons (Fsp3) is 0.0625. The van der Waals surface area contributed by atoms with Gasteiger partial charge in [0.15, 0.2) is 5.78 Å². The Labute approximate surface area is 116 Å². The number of rotatable bonds is 4. The summed E-state index contributed by atoms with van der Waals surface area (Å²) in [5.41, 5.74) is 1.87. The molecule has 100 valence electrons. The molecule has 0 unspecified atom stereocenters. The highest BCUT2D eigenvalue weighted by Gasteiger charge is 2.09. The highest BCUT2D eigenvalue weighted by atomic mass is 16.6. The molecule has 0 saturated heterocycles. The first-order valence-electron chi connectivity index (χ1n) is 6.10. The molecule has 0 spiro atoms. The quantitative estimate of drug-likeness (QED) is 0.366. The third-order valence-electron chi connectivity index (χ3n) is 2.92. The van der Waals surface area contributed by atoms with E-state index in [1.165, 1.54) is 12.1 Å². The molecule has 0 aromatic heterocycles. The Balaban J connectivity index is 2.22. The van der Waals surface area contributed by atoms with Gasteiger partial charge in [-0.2, -0.15) is 0 Å². The van der Waals surface area contributed by atoms with Crippen molar-refractivity contribution in [1.82, 2.24) is 0 Å². The molecule has 20 heavy (non-hydrogen) atoms. The van der Waals surface area contributed by atoms with Crippen molar-refractivity contribution in [3.63, 3.8) is 0 Å². The predicted octanol–water partition coefficient (Wildman–Crippen LogP) is 3.80. The lowest BCUT2D eigenvalue weighted by Crippen LogP contribution is -1.94. The summed E-state index contributed by atoms with van der Waals surface area (Å²) in [6.07, 6.45) is 3.01. The SMILES string of the molecule is Cc1ccc(C=CC(=O)c2ccccc2)cc1[N+](=O)[O-]. The Morgan fingerprint density at radius 2 is 1.85 bits per heavy atom. The zero-order valence-electron chi connectivity index (χ0n) is 10.9. The average molecular weight is 267 g/mol. The minimum Gasteiger partial charge on any atom is -0.289 e. The van der Waals surface area contributed by atoms with Crippen molar-refractivity contribution in [3.05, 3.63) is 81.4 Å². The van der Waals surface area contributed by atoms with Crippen molar-refractivity contribution < 1.29 is 9.72 Å². The van der Waals surface area contributed by atoms with Gasteiger partial charge in [0, 0.05) is 17.2 Å². The molecule has 2 aromatic carbocycles. The number of allylic oxidation sites excluding steroid dienone is 1. The van der Waals surface area contributed by atoms with Gasteiger partial charge >= 0.3 is 0 Å². The van der Waals surface area contributed by atoms with Gasteiger partial charge in [0.25, 0.3) is 5.69 Å². The molecule has 0 fully saturated rings. The Hall–Kier alpha value is -2.75. The maximum Gasteiger partial charge on any atom is 0.272 e. The Kier molecular flexibility index (Phi) is 4.05. The van der Waals surface area contributed by atoms with Gasteiger partial charge in [-0.3, -0.25) is 14.9 Å². The van der Waals surface area contributed by atoms with E-state index < -0.39 is 4.92 Å². The van der Waals surface area contributed by atoms with Crippen molar-refractivity contribution in [2.45, 2.75) is 6.92 Å². The second-order valence-corrected chi connectivity index (χ2v) is 4.37. The number of benzene rings is 2. The number of hydrogen-bond acceptors (Lipinski definition) is 3. The molecule has 4 nitrogen and oxygen atoms in total. The molecule has 4 heteroatoms. The van der Waals surface area contributed by atoms with E-state index in [1.807, 2.05) is 6.07 Å². The molecule has 0 aliphatic carbocycles. The number of nitrogens with zero attached hydrogens (tertiary/aromatic N) is 1. The van der Waals surface area contributed by atoms with Gasteiger partial charge in [0.2, 0.25) is 0 Å². The van der Waals surface area contributed by atoms with E-state index in [-0.39, 0.29) is 11.5 Å². The first-order chi connectivity index (χ1) is 9.58. The number of carbonyl (C=O) groups is 1. The monoisotopic (exact) mass is 267 g/mol. The second kappa shape index (κ2) is 5.93. The molecule has 0 saturated carbocycles. The number of nitro groups is 1. The summed E-state index contributed by atoms with van der Waals surface area (Å²) in [5.74, 6) is -0.131. The van der Waals surface area contributed by atoms with Crippen LogP contribution in [0.3, 0.4) is 0 Å². The Morgan fingerprint density at radius 1 is 1.15 bits per heavy atom. The van der Waals surface area contributed by atoms with Crippen LogP contribution in [0.1, 0.15) is 21.5 Å².